The summed E-state index contributed by atoms with van der Waals surface area (Å²) in [5.74, 6) is 1.44. The molecule has 3 aromatic heterocycles. The summed E-state index contributed by atoms with van der Waals surface area (Å²) in [5, 5.41) is 13.9. The predicted octanol–water partition coefficient (Wildman–Crippen LogP) is 3.21. The lowest BCUT2D eigenvalue weighted by molar-refractivity contribution is 0.607. The largest absolute Gasteiger partial charge is 0.263 e. The molecule has 0 N–H and O–H groups in total. The summed E-state index contributed by atoms with van der Waals surface area (Å²) in [6, 6.07) is 2.00. The molecule has 3 heterocycles. The monoisotopic (exact) mass is 337 g/mol. The van der Waals surface area contributed by atoms with Crippen LogP contribution in [0.3, 0.4) is 0 Å². The van der Waals surface area contributed by atoms with Gasteiger partial charge in [0.05, 0.1) is 0 Å². The highest BCUT2D eigenvalue weighted by Crippen LogP contribution is 2.26. The zero-order chi connectivity index (χ0) is 13.4. The molecule has 0 aromatic carbocycles. The smallest absolute Gasteiger partial charge is 0.234 e. The molecule has 3 rings (SSSR count). The van der Waals surface area contributed by atoms with E-state index in [9.17, 15) is 0 Å². The Morgan fingerprint density at radius 1 is 1.32 bits per heavy atom. The molecule has 0 atom stereocenters. The SMILES string of the molecule is CC(C)Cc1nnc2sc(-c3cncc(Br)c3)nn12. The number of hydrogen-bond donors (Lipinski definition) is 0. The third-order valence-corrected chi connectivity index (χ3v) is 3.98. The normalized spacial score (nSPS) is 11.6. The van der Waals surface area contributed by atoms with Gasteiger partial charge >= 0.3 is 0 Å². The zero-order valence-electron chi connectivity index (χ0n) is 10.5. The van der Waals surface area contributed by atoms with Gasteiger partial charge in [-0.05, 0) is 27.9 Å². The van der Waals surface area contributed by atoms with Gasteiger partial charge in [0.25, 0.3) is 0 Å². The minimum atomic E-state index is 0.532. The van der Waals surface area contributed by atoms with Gasteiger partial charge in [0, 0.05) is 28.9 Å². The fraction of sp³-hybridized carbons (Fsp3) is 0.333. The first kappa shape index (κ1) is 12.7. The maximum Gasteiger partial charge on any atom is 0.234 e. The number of halogens is 1. The molecule has 3 aromatic rings. The molecule has 0 amide bonds. The first-order valence-electron chi connectivity index (χ1n) is 5.95. The van der Waals surface area contributed by atoms with E-state index in [4.69, 9.17) is 0 Å². The predicted molar refractivity (Wildman–Crippen MR) is 78.1 cm³/mol. The van der Waals surface area contributed by atoms with Gasteiger partial charge in [0.1, 0.15) is 5.01 Å². The van der Waals surface area contributed by atoms with Crippen LogP contribution in [-0.4, -0.2) is 24.8 Å². The van der Waals surface area contributed by atoms with E-state index in [2.05, 4.69) is 50.1 Å². The van der Waals surface area contributed by atoms with Crippen molar-refractivity contribution in [1.82, 2.24) is 24.8 Å². The van der Waals surface area contributed by atoms with Crippen LogP contribution in [0.25, 0.3) is 15.5 Å². The quantitative estimate of drug-likeness (QED) is 0.736. The molecular weight excluding hydrogens is 326 g/mol. The molecule has 0 saturated heterocycles. The number of aromatic nitrogens is 5. The number of rotatable bonds is 3. The Bertz CT molecular complexity index is 718. The van der Waals surface area contributed by atoms with Crippen LogP contribution in [0.4, 0.5) is 0 Å². The molecule has 0 saturated carbocycles. The molecule has 0 aliphatic rings. The lowest BCUT2D eigenvalue weighted by Crippen LogP contribution is -2.01. The first-order chi connectivity index (χ1) is 9.13. The van der Waals surface area contributed by atoms with E-state index >= 15 is 0 Å². The van der Waals surface area contributed by atoms with Crippen LogP contribution in [0.15, 0.2) is 22.9 Å². The van der Waals surface area contributed by atoms with Crippen LogP contribution in [0, 0.1) is 5.92 Å². The molecule has 0 aliphatic heterocycles. The van der Waals surface area contributed by atoms with Gasteiger partial charge in [0.15, 0.2) is 5.82 Å². The van der Waals surface area contributed by atoms with Gasteiger partial charge in [-0.3, -0.25) is 4.98 Å². The van der Waals surface area contributed by atoms with E-state index in [0.717, 1.165) is 32.2 Å². The van der Waals surface area contributed by atoms with E-state index in [1.807, 2.05) is 10.6 Å². The minimum Gasteiger partial charge on any atom is -0.263 e. The van der Waals surface area contributed by atoms with Gasteiger partial charge in [0.2, 0.25) is 4.96 Å². The fourth-order valence-corrected chi connectivity index (χ4v) is 3.00. The summed E-state index contributed by atoms with van der Waals surface area (Å²) in [6.07, 6.45) is 4.44. The number of fused-ring (bicyclic) bond motifs is 1. The third-order valence-electron chi connectivity index (χ3n) is 2.60. The van der Waals surface area contributed by atoms with E-state index < -0.39 is 0 Å². The van der Waals surface area contributed by atoms with Crippen LogP contribution in [0.1, 0.15) is 19.7 Å². The third kappa shape index (κ3) is 2.52. The standard InChI is InChI=1S/C12H12BrN5S/c1-7(2)3-10-15-16-12-18(10)17-11(19-12)8-4-9(13)6-14-5-8/h4-7H,3H2,1-2H3. The Hall–Kier alpha value is -1.34. The molecule has 19 heavy (non-hydrogen) atoms. The van der Waals surface area contributed by atoms with E-state index in [-0.39, 0.29) is 0 Å². The van der Waals surface area contributed by atoms with Gasteiger partial charge in [-0.2, -0.15) is 9.61 Å². The molecule has 0 fully saturated rings. The van der Waals surface area contributed by atoms with Gasteiger partial charge in [-0.25, -0.2) is 0 Å². The number of nitrogens with zero attached hydrogens (tertiary/aromatic N) is 5. The van der Waals surface area contributed by atoms with Crippen molar-refractivity contribution in [3.05, 3.63) is 28.8 Å². The van der Waals surface area contributed by atoms with Crippen molar-refractivity contribution >= 4 is 32.2 Å². The number of pyridine rings is 1. The highest BCUT2D eigenvalue weighted by molar-refractivity contribution is 9.10. The Morgan fingerprint density at radius 2 is 2.16 bits per heavy atom. The lowest BCUT2D eigenvalue weighted by atomic mass is 10.1. The maximum atomic E-state index is 4.59. The molecule has 7 heteroatoms. The van der Waals surface area contributed by atoms with Crippen molar-refractivity contribution in [2.45, 2.75) is 20.3 Å². The highest BCUT2D eigenvalue weighted by Gasteiger charge is 2.14. The van der Waals surface area contributed by atoms with Crippen molar-refractivity contribution in [2.75, 3.05) is 0 Å². The summed E-state index contributed by atoms with van der Waals surface area (Å²) in [4.78, 5) is 4.99. The lowest BCUT2D eigenvalue weighted by Gasteiger charge is -1.99. The summed E-state index contributed by atoms with van der Waals surface area (Å²) in [7, 11) is 0. The highest BCUT2D eigenvalue weighted by atomic mass is 79.9. The fourth-order valence-electron chi connectivity index (χ4n) is 1.80. The van der Waals surface area contributed by atoms with Crippen molar-refractivity contribution in [2.24, 2.45) is 5.92 Å². The summed E-state index contributed by atoms with van der Waals surface area (Å²) in [6.45, 7) is 4.32. The average Bonchev–Trinajstić information content (AvgIpc) is 2.91. The van der Waals surface area contributed by atoms with Crippen molar-refractivity contribution < 1.29 is 0 Å². The van der Waals surface area contributed by atoms with E-state index in [1.54, 1.807) is 12.4 Å². The molecule has 0 spiro atoms. The van der Waals surface area contributed by atoms with Crippen LogP contribution >= 0.6 is 27.3 Å². The van der Waals surface area contributed by atoms with Crippen LogP contribution in [0.2, 0.25) is 0 Å². The second-order valence-corrected chi connectivity index (χ2v) is 6.58. The maximum absolute atomic E-state index is 4.59. The van der Waals surface area contributed by atoms with Crippen LogP contribution in [-0.2, 0) is 6.42 Å². The first-order valence-corrected chi connectivity index (χ1v) is 7.56. The Kier molecular flexibility index (Phi) is 3.32. The molecular formula is C12H12BrN5S. The minimum absolute atomic E-state index is 0.532. The zero-order valence-corrected chi connectivity index (χ0v) is 12.9. The van der Waals surface area contributed by atoms with Gasteiger partial charge < -0.3 is 0 Å². The Labute approximate surface area is 122 Å². The van der Waals surface area contributed by atoms with Crippen LogP contribution in [0.5, 0.6) is 0 Å². The second-order valence-electron chi connectivity index (χ2n) is 4.71. The summed E-state index contributed by atoms with van der Waals surface area (Å²) >= 11 is 4.95. The molecule has 0 unspecified atom stereocenters. The van der Waals surface area contributed by atoms with E-state index in [1.165, 1.54) is 11.3 Å². The molecule has 98 valence electrons. The van der Waals surface area contributed by atoms with Crippen LogP contribution < -0.4 is 0 Å². The van der Waals surface area contributed by atoms with Crippen molar-refractivity contribution in [3.8, 4) is 10.6 Å². The van der Waals surface area contributed by atoms with Gasteiger partial charge in [-0.1, -0.05) is 25.2 Å². The summed E-state index contributed by atoms with van der Waals surface area (Å²) < 4.78 is 2.78. The number of hydrogen-bond acceptors (Lipinski definition) is 5. The molecule has 0 radical (unpaired) electrons. The molecule has 5 nitrogen and oxygen atoms in total. The topological polar surface area (TPSA) is 56.0 Å². The summed E-state index contributed by atoms with van der Waals surface area (Å²) in [5.41, 5.74) is 0.986. The average molecular weight is 338 g/mol. The molecule has 0 aliphatic carbocycles. The molecule has 0 bridgehead atoms. The van der Waals surface area contributed by atoms with Crippen molar-refractivity contribution in [3.63, 3.8) is 0 Å². The Balaban J connectivity index is 2.04. The Morgan fingerprint density at radius 3 is 2.89 bits per heavy atom. The second kappa shape index (κ2) is 4.97. The van der Waals surface area contributed by atoms with Gasteiger partial charge in [-0.15, -0.1) is 10.2 Å². The van der Waals surface area contributed by atoms with Crippen molar-refractivity contribution in [1.29, 1.82) is 0 Å². The van der Waals surface area contributed by atoms with E-state index in [0.29, 0.717) is 5.92 Å².